The predicted octanol–water partition coefficient (Wildman–Crippen LogP) is 2.10. The fourth-order valence-corrected chi connectivity index (χ4v) is 1.81. The average Bonchev–Trinajstić information content (AvgIpc) is 2.85. The summed E-state index contributed by atoms with van der Waals surface area (Å²) in [4.78, 5) is 14.8. The highest BCUT2D eigenvalue weighted by atomic mass is 16.5. The third kappa shape index (κ3) is 3.07. The van der Waals surface area contributed by atoms with Gasteiger partial charge >= 0.3 is 0 Å². The van der Waals surface area contributed by atoms with Crippen molar-refractivity contribution in [3.63, 3.8) is 0 Å². The number of nitrogens with one attached hydrogen (secondary N) is 2. The second-order valence-corrected chi connectivity index (χ2v) is 4.32. The Hall–Kier alpha value is -2.43. The number of anilines is 1. The van der Waals surface area contributed by atoms with E-state index in [-0.39, 0.29) is 11.9 Å². The third-order valence-corrected chi connectivity index (χ3v) is 2.89. The van der Waals surface area contributed by atoms with Crippen LogP contribution in [0.3, 0.4) is 0 Å². The van der Waals surface area contributed by atoms with Gasteiger partial charge in [0.05, 0.1) is 13.2 Å². The van der Waals surface area contributed by atoms with Crippen LogP contribution >= 0.6 is 0 Å². The molecule has 2 aromatic rings. The lowest BCUT2D eigenvalue weighted by atomic mass is 10.1. The first-order valence-corrected chi connectivity index (χ1v) is 5.99. The van der Waals surface area contributed by atoms with Gasteiger partial charge < -0.3 is 20.8 Å². The minimum atomic E-state index is -0.188. The van der Waals surface area contributed by atoms with E-state index in [2.05, 4.69) is 10.3 Å². The van der Waals surface area contributed by atoms with Gasteiger partial charge in [0.1, 0.15) is 11.4 Å². The SMILES string of the molecule is COc1cccc(C(C)NC(=O)c2cc(N)c[nH]2)c1. The molecule has 0 bridgehead atoms. The Bertz CT molecular complexity index is 578. The molecule has 19 heavy (non-hydrogen) atoms. The Morgan fingerprint density at radius 1 is 1.42 bits per heavy atom. The molecule has 0 aliphatic rings. The summed E-state index contributed by atoms with van der Waals surface area (Å²) in [6.45, 7) is 1.92. The standard InChI is InChI=1S/C14H17N3O2/c1-9(10-4-3-5-12(6-10)19-2)17-14(18)13-7-11(15)8-16-13/h3-9,16H,15H2,1-2H3,(H,17,18). The van der Waals surface area contributed by atoms with E-state index in [0.717, 1.165) is 11.3 Å². The first-order valence-electron chi connectivity index (χ1n) is 5.99. The van der Waals surface area contributed by atoms with Crippen LogP contribution in [-0.4, -0.2) is 18.0 Å². The highest BCUT2D eigenvalue weighted by Gasteiger charge is 2.13. The van der Waals surface area contributed by atoms with E-state index < -0.39 is 0 Å². The Balaban J connectivity index is 2.08. The second-order valence-electron chi connectivity index (χ2n) is 4.32. The maximum absolute atomic E-state index is 12.0. The van der Waals surface area contributed by atoms with Crippen molar-refractivity contribution in [2.45, 2.75) is 13.0 Å². The first-order chi connectivity index (χ1) is 9.10. The summed E-state index contributed by atoms with van der Waals surface area (Å²) in [6.07, 6.45) is 1.59. The number of amides is 1. The van der Waals surface area contributed by atoms with Gasteiger partial charge in [-0.15, -0.1) is 0 Å². The molecule has 5 nitrogen and oxygen atoms in total. The summed E-state index contributed by atoms with van der Waals surface area (Å²) in [5.74, 6) is 0.578. The molecule has 0 aliphatic carbocycles. The maximum atomic E-state index is 12.0. The molecule has 0 saturated heterocycles. The number of carbonyl (C=O) groups is 1. The first kappa shape index (κ1) is 13.0. The number of nitrogen functional groups attached to an aromatic ring is 1. The molecule has 5 heteroatoms. The highest BCUT2D eigenvalue weighted by Crippen LogP contribution is 2.19. The minimum absolute atomic E-state index is 0.118. The van der Waals surface area contributed by atoms with Gasteiger partial charge in [-0.25, -0.2) is 0 Å². The Kier molecular flexibility index (Phi) is 3.75. The molecule has 100 valence electrons. The van der Waals surface area contributed by atoms with Crippen molar-refractivity contribution in [3.05, 3.63) is 47.8 Å². The number of carbonyl (C=O) groups excluding carboxylic acids is 1. The van der Waals surface area contributed by atoms with Crippen molar-refractivity contribution in [3.8, 4) is 5.75 Å². The van der Waals surface area contributed by atoms with E-state index in [1.54, 1.807) is 19.4 Å². The lowest BCUT2D eigenvalue weighted by Gasteiger charge is -2.14. The van der Waals surface area contributed by atoms with E-state index in [4.69, 9.17) is 10.5 Å². The second kappa shape index (κ2) is 5.48. The van der Waals surface area contributed by atoms with Crippen molar-refractivity contribution < 1.29 is 9.53 Å². The number of aromatic nitrogens is 1. The van der Waals surface area contributed by atoms with Crippen LogP contribution in [0, 0.1) is 0 Å². The average molecular weight is 259 g/mol. The zero-order valence-electron chi connectivity index (χ0n) is 10.9. The number of aromatic amines is 1. The smallest absolute Gasteiger partial charge is 0.268 e. The minimum Gasteiger partial charge on any atom is -0.497 e. The lowest BCUT2D eigenvalue weighted by Crippen LogP contribution is -2.26. The zero-order chi connectivity index (χ0) is 13.8. The summed E-state index contributed by atoms with van der Waals surface area (Å²) >= 11 is 0. The molecule has 0 saturated carbocycles. The molecule has 1 unspecified atom stereocenters. The highest BCUT2D eigenvalue weighted by molar-refractivity contribution is 5.93. The van der Waals surface area contributed by atoms with E-state index in [0.29, 0.717) is 11.4 Å². The summed E-state index contributed by atoms with van der Waals surface area (Å²) < 4.78 is 5.16. The van der Waals surface area contributed by atoms with Gasteiger partial charge in [-0.2, -0.15) is 0 Å². The topological polar surface area (TPSA) is 80.1 Å². The summed E-state index contributed by atoms with van der Waals surface area (Å²) in [5, 5.41) is 2.90. The molecule has 0 radical (unpaired) electrons. The van der Waals surface area contributed by atoms with Crippen LogP contribution in [0.2, 0.25) is 0 Å². The summed E-state index contributed by atoms with van der Waals surface area (Å²) in [7, 11) is 1.62. The Morgan fingerprint density at radius 2 is 2.21 bits per heavy atom. The molecule has 1 heterocycles. The maximum Gasteiger partial charge on any atom is 0.268 e. The number of methoxy groups -OCH3 is 1. The van der Waals surface area contributed by atoms with Crippen LogP contribution in [0.4, 0.5) is 5.69 Å². The van der Waals surface area contributed by atoms with Crippen molar-refractivity contribution >= 4 is 11.6 Å². The van der Waals surface area contributed by atoms with Gasteiger partial charge in [-0.1, -0.05) is 12.1 Å². The molecule has 4 N–H and O–H groups in total. The molecular weight excluding hydrogens is 242 g/mol. The third-order valence-electron chi connectivity index (χ3n) is 2.89. The molecule has 2 rings (SSSR count). The van der Waals surface area contributed by atoms with Gasteiger partial charge in [-0.05, 0) is 30.7 Å². The number of ether oxygens (including phenoxy) is 1. The number of hydrogen-bond donors (Lipinski definition) is 3. The number of nitrogens with two attached hydrogens (primary N) is 1. The van der Waals surface area contributed by atoms with Crippen LogP contribution in [0.25, 0.3) is 0 Å². The van der Waals surface area contributed by atoms with Gasteiger partial charge in [0.25, 0.3) is 5.91 Å². The van der Waals surface area contributed by atoms with Crippen LogP contribution in [0.1, 0.15) is 29.0 Å². The molecule has 0 aliphatic heterocycles. The molecule has 0 spiro atoms. The van der Waals surface area contributed by atoms with Crippen molar-refractivity contribution in [2.75, 3.05) is 12.8 Å². The fourth-order valence-electron chi connectivity index (χ4n) is 1.81. The van der Waals surface area contributed by atoms with Gasteiger partial charge in [0, 0.05) is 11.9 Å². The van der Waals surface area contributed by atoms with E-state index >= 15 is 0 Å². The lowest BCUT2D eigenvalue weighted by molar-refractivity contribution is 0.0935. The normalized spacial score (nSPS) is 11.9. The summed E-state index contributed by atoms with van der Waals surface area (Å²) in [6, 6.07) is 9.08. The number of rotatable bonds is 4. The van der Waals surface area contributed by atoms with Gasteiger partial charge in [0.15, 0.2) is 0 Å². The Morgan fingerprint density at radius 3 is 2.84 bits per heavy atom. The Labute approximate surface area is 111 Å². The molecule has 0 fully saturated rings. The number of hydrogen-bond acceptors (Lipinski definition) is 3. The van der Waals surface area contributed by atoms with Crippen molar-refractivity contribution in [1.82, 2.24) is 10.3 Å². The molecule has 1 aromatic carbocycles. The van der Waals surface area contributed by atoms with E-state index in [1.807, 2.05) is 31.2 Å². The summed E-state index contributed by atoms with van der Waals surface area (Å²) in [5.41, 5.74) is 7.54. The molecular formula is C14H17N3O2. The monoisotopic (exact) mass is 259 g/mol. The molecule has 1 atom stereocenters. The quantitative estimate of drug-likeness (QED) is 0.786. The van der Waals surface area contributed by atoms with Gasteiger partial charge in [-0.3, -0.25) is 4.79 Å². The predicted molar refractivity (Wildman–Crippen MR) is 74.1 cm³/mol. The van der Waals surface area contributed by atoms with E-state index in [1.165, 1.54) is 0 Å². The number of H-pyrrole nitrogens is 1. The van der Waals surface area contributed by atoms with Crippen molar-refractivity contribution in [1.29, 1.82) is 0 Å². The van der Waals surface area contributed by atoms with Crippen LogP contribution in [0.5, 0.6) is 5.75 Å². The molecule has 1 aromatic heterocycles. The van der Waals surface area contributed by atoms with Crippen LogP contribution < -0.4 is 15.8 Å². The van der Waals surface area contributed by atoms with E-state index in [9.17, 15) is 4.79 Å². The van der Waals surface area contributed by atoms with Crippen LogP contribution in [-0.2, 0) is 0 Å². The van der Waals surface area contributed by atoms with Crippen LogP contribution in [0.15, 0.2) is 36.5 Å². The van der Waals surface area contributed by atoms with Crippen molar-refractivity contribution in [2.24, 2.45) is 0 Å². The number of benzene rings is 1. The van der Waals surface area contributed by atoms with Gasteiger partial charge in [0.2, 0.25) is 0 Å². The fraction of sp³-hybridized carbons (Fsp3) is 0.214. The molecule has 1 amide bonds. The zero-order valence-corrected chi connectivity index (χ0v) is 10.9. The largest absolute Gasteiger partial charge is 0.497 e.